The van der Waals surface area contributed by atoms with Crippen LogP contribution in [0.15, 0.2) is 71.4 Å². The molecule has 1 aliphatic rings. The zero-order valence-corrected chi connectivity index (χ0v) is 20.2. The van der Waals surface area contributed by atoms with Crippen LogP contribution >= 0.6 is 0 Å². The van der Waals surface area contributed by atoms with Crippen molar-refractivity contribution in [3.8, 4) is 0 Å². The van der Waals surface area contributed by atoms with Crippen molar-refractivity contribution < 1.29 is 33.0 Å². The Morgan fingerprint density at radius 3 is 2.47 bits per heavy atom. The highest BCUT2D eigenvalue weighted by Gasteiger charge is 2.28. The molecule has 38 heavy (non-hydrogen) atoms. The fourth-order valence-corrected chi connectivity index (χ4v) is 4.40. The van der Waals surface area contributed by atoms with E-state index in [0.29, 0.717) is 31.4 Å². The Labute approximate surface area is 215 Å². The molecule has 1 heterocycles. The average Bonchev–Trinajstić information content (AvgIpc) is 3.27. The second kappa shape index (κ2) is 11.5. The molecule has 1 fully saturated rings. The molecule has 7 nitrogen and oxygen atoms in total. The van der Waals surface area contributed by atoms with Gasteiger partial charge < -0.3 is 20.1 Å². The van der Waals surface area contributed by atoms with Gasteiger partial charge in [0.05, 0.1) is 24.3 Å². The van der Waals surface area contributed by atoms with E-state index >= 15 is 0 Å². The lowest BCUT2D eigenvalue weighted by molar-refractivity contribution is -0.121. The summed E-state index contributed by atoms with van der Waals surface area (Å²) in [5, 5.41) is 22.5. The Morgan fingerprint density at radius 2 is 1.79 bits per heavy atom. The predicted molar refractivity (Wildman–Crippen MR) is 132 cm³/mol. The number of allylic oxidation sites excluding steroid dienone is 1. The van der Waals surface area contributed by atoms with E-state index in [1.54, 1.807) is 6.07 Å². The number of aromatic nitrogens is 1. The van der Waals surface area contributed by atoms with Crippen LogP contribution in [0, 0.1) is 17.5 Å². The average molecular weight is 527 g/mol. The number of carbonyl (C=O) groups excluding carboxylic acids is 2. The topological polar surface area (TPSA) is 109 Å². The van der Waals surface area contributed by atoms with E-state index in [1.165, 1.54) is 36.5 Å². The van der Waals surface area contributed by atoms with Gasteiger partial charge in [-0.3, -0.25) is 14.4 Å². The minimum absolute atomic E-state index is 0.0915. The standard InChI is InChI=1S/C28H25F3N2O5/c29-19-9-8-17(22(31)12-19)10-16-11-20(28(38)33(14-16)15-18-4-1-2-5-21(18)30)25(35)13-26(36)27(37)32-23-6-3-7-24(23)34/h1-2,4-5,8-9,11-14,23-24,34,36H,3,6-7,10,15H2,(H,32,37)/b26-13-/t23-,24-/m0/s1. The molecule has 2 atom stereocenters. The van der Waals surface area contributed by atoms with E-state index in [2.05, 4.69) is 5.32 Å². The van der Waals surface area contributed by atoms with E-state index in [0.717, 1.165) is 10.6 Å². The number of nitrogens with zero attached hydrogens (tertiary/aromatic N) is 1. The summed E-state index contributed by atoms with van der Waals surface area (Å²) in [6.07, 6.45) is 2.73. The molecule has 10 heteroatoms. The number of hydrogen-bond acceptors (Lipinski definition) is 5. The first-order valence-corrected chi connectivity index (χ1v) is 12.0. The van der Waals surface area contributed by atoms with Gasteiger partial charge >= 0.3 is 0 Å². The van der Waals surface area contributed by atoms with Crippen molar-refractivity contribution >= 4 is 11.7 Å². The number of aliphatic hydroxyl groups is 2. The summed E-state index contributed by atoms with van der Waals surface area (Å²) in [6.45, 7) is -0.249. The number of benzene rings is 2. The highest BCUT2D eigenvalue weighted by molar-refractivity contribution is 6.08. The number of pyridine rings is 1. The van der Waals surface area contributed by atoms with Gasteiger partial charge in [0.15, 0.2) is 11.5 Å². The largest absolute Gasteiger partial charge is 0.503 e. The first-order valence-electron chi connectivity index (χ1n) is 12.0. The van der Waals surface area contributed by atoms with Crippen molar-refractivity contribution in [3.05, 3.63) is 117 Å². The molecule has 2 aromatic carbocycles. The molecule has 1 aromatic heterocycles. The molecule has 1 amide bonds. The smallest absolute Gasteiger partial charge is 0.286 e. The highest BCUT2D eigenvalue weighted by Crippen LogP contribution is 2.19. The maximum Gasteiger partial charge on any atom is 0.286 e. The zero-order chi connectivity index (χ0) is 27.4. The van der Waals surface area contributed by atoms with Crippen molar-refractivity contribution in [1.82, 2.24) is 9.88 Å². The van der Waals surface area contributed by atoms with Crippen LogP contribution in [0.5, 0.6) is 0 Å². The Kier molecular flexibility index (Phi) is 8.11. The number of carbonyl (C=O) groups is 2. The molecule has 198 valence electrons. The molecule has 3 N–H and O–H groups in total. The van der Waals surface area contributed by atoms with Crippen molar-refractivity contribution in [1.29, 1.82) is 0 Å². The summed E-state index contributed by atoms with van der Waals surface area (Å²) < 4.78 is 43.0. The number of rotatable bonds is 8. The molecule has 1 aliphatic carbocycles. The second-order valence-electron chi connectivity index (χ2n) is 9.17. The third-order valence-electron chi connectivity index (χ3n) is 6.41. The summed E-state index contributed by atoms with van der Waals surface area (Å²) in [5.74, 6) is -5.11. The number of nitrogens with one attached hydrogen (secondary N) is 1. The van der Waals surface area contributed by atoms with Gasteiger partial charge in [-0.1, -0.05) is 24.3 Å². The van der Waals surface area contributed by atoms with Crippen LogP contribution in [-0.4, -0.2) is 38.6 Å². The summed E-state index contributed by atoms with van der Waals surface area (Å²) in [6, 6.07) is 9.35. The van der Waals surface area contributed by atoms with Gasteiger partial charge in [0, 0.05) is 30.3 Å². The Morgan fingerprint density at radius 1 is 1.03 bits per heavy atom. The van der Waals surface area contributed by atoms with Gasteiger partial charge in [-0.05, 0) is 48.6 Å². The van der Waals surface area contributed by atoms with E-state index in [9.17, 15) is 37.8 Å². The fraction of sp³-hybridized carbons (Fsp3) is 0.250. The van der Waals surface area contributed by atoms with E-state index < -0.39 is 58.2 Å². The van der Waals surface area contributed by atoms with Crippen molar-refractivity contribution in [3.63, 3.8) is 0 Å². The van der Waals surface area contributed by atoms with Crippen LogP contribution in [0.1, 0.15) is 46.3 Å². The molecule has 0 aliphatic heterocycles. The monoisotopic (exact) mass is 526 g/mol. The summed E-state index contributed by atoms with van der Waals surface area (Å²) in [7, 11) is 0. The molecule has 0 saturated heterocycles. The Hall–Kier alpha value is -4.18. The highest BCUT2D eigenvalue weighted by atomic mass is 19.1. The lowest BCUT2D eigenvalue weighted by Gasteiger charge is -2.15. The zero-order valence-electron chi connectivity index (χ0n) is 20.2. The maximum absolute atomic E-state index is 14.3. The number of ketones is 1. The molecule has 1 saturated carbocycles. The summed E-state index contributed by atoms with van der Waals surface area (Å²) >= 11 is 0. The van der Waals surface area contributed by atoms with Crippen LogP contribution < -0.4 is 10.9 Å². The molecule has 4 rings (SSSR count). The van der Waals surface area contributed by atoms with E-state index in [-0.39, 0.29) is 29.7 Å². The molecule has 0 unspecified atom stereocenters. The summed E-state index contributed by atoms with van der Waals surface area (Å²) in [5.41, 5.74) is -0.736. The quantitative estimate of drug-likeness (QED) is 0.236. The van der Waals surface area contributed by atoms with Gasteiger partial charge in [0.25, 0.3) is 11.5 Å². The third kappa shape index (κ3) is 6.20. The van der Waals surface area contributed by atoms with Crippen LogP contribution in [-0.2, 0) is 17.8 Å². The molecular weight excluding hydrogens is 501 g/mol. The normalized spacial score (nSPS) is 17.4. The number of aliphatic hydroxyl groups excluding tert-OH is 2. The number of halogens is 3. The molecule has 0 spiro atoms. The van der Waals surface area contributed by atoms with Crippen LogP contribution in [0.25, 0.3) is 0 Å². The van der Waals surface area contributed by atoms with Gasteiger partial charge in [0.2, 0.25) is 0 Å². The maximum atomic E-state index is 14.3. The summed E-state index contributed by atoms with van der Waals surface area (Å²) in [4.78, 5) is 38.5. The van der Waals surface area contributed by atoms with Crippen LogP contribution in [0.2, 0.25) is 0 Å². The predicted octanol–water partition coefficient (Wildman–Crippen LogP) is 3.56. The van der Waals surface area contributed by atoms with Crippen LogP contribution in [0.4, 0.5) is 13.2 Å². The number of amides is 1. The number of hydrogen-bond donors (Lipinski definition) is 3. The SMILES string of the molecule is O=C(N[C@H]1CCC[C@@H]1O)/C(O)=C/C(=O)c1cc(Cc2ccc(F)cc2F)cn(Cc2ccccc2F)c1=O. The van der Waals surface area contributed by atoms with Crippen LogP contribution in [0.3, 0.4) is 0 Å². The van der Waals surface area contributed by atoms with Gasteiger partial charge in [0.1, 0.15) is 17.5 Å². The van der Waals surface area contributed by atoms with Gasteiger partial charge in [-0.15, -0.1) is 0 Å². The lowest BCUT2D eigenvalue weighted by Crippen LogP contribution is -2.40. The second-order valence-corrected chi connectivity index (χ2v) is 9.17. The molecule has 0 radical (unpaired) electrons. The molecule has 3 aromatic rings. The first kappa shape index (κ1) is 26.9. The molecule has 0 bridgehead atoms. The Bertz CT molecular complexity index is 1470. The lowest BCUT2D eigenvalue weighted by atomic mass is 10.0. The van der Waals surface area contributed by atoms with Crippen molar-refractivity contribution in [2.45, 2.75) is 44.4 Å². The van der Waals surface area contributed by atoms with Crippen molar-refractivity contribution in [2.75, 3.05) is 0 Å². The van der Waals surface area contributed by atoms with Gasteiger partial charge in [-0.2, -0.15) is 0 Å². The third-order valence-corrected chi connectivity index (χ3v) is 6.41. The molecular formula is C28H25F3N2O5. The minimum Gasteiger partial charge on any atom is -0.503 e. The Balaban J connectivity index is 1.68. The minimum atomic E-state index is -1.00. The fourth-order valence-electron chi connectivity index (χ4n) is 4.40. The van der Waals surface area contributed by atoms with Crippen molar-refractivity contribution in [2.24, 2.45) is 0 Å². The van der Waals surface area contributed by atoms with E-state index in [1.807, 2.05) is 0 Å². The first-order chi connectivity index (χ1) is 18.1. The van der Waals surface area contributed by atoms with Gasteiger partial charge in [-0.25, -0.2) is 13.2 Å². The van der Waals surface area contributed by atoms with E-state index in [4.69, 9.17) is 0 Å².